The van der Waals surface area contributed by atoms with Crippen LogP contribution >= 0.6 is 0 Å². The van der Waals surface area contributed by atoms with E-state index in [0.29, 0.717) is 6.61 Å². The molecule has 0 radical (unpaired) electrons. The van der Waals surface area contributed by atoms with Crippen LogP contribution in [-0.4, -0.2) is 62.0 Å². The highest BCUT2D eigenvalue weighted by molar-refractivity contribution is 4.86. The third-order valence-electron chi connectivity index (χ3n) is 3.71. The highest BCUT2D eigenvalue weighted by Gasteiger charge is 2.30. The SMILES string of the molecule is OCCOCCN(CC1CCCNC1)C1CC1. The molecule has 4 nitrogen and oxygen atoms in total. The lowest BCUT2D eigenvalue weighted by Crippen LogP contribution is -2.40. The van der Waals surface area contributed by atoms with Crippen LogP contribution in [0.3, 0.4) is 0 Å². The van der Waals surface area contributed by atoms with Gasteiger partial charge < -0.3 is 15.2 Å². The average Bonchev–Trinajstić information content (AvgIpc) is 3.19. The average molecular weight is 242 g/mol. The van der Waals surface area contributed by atoms with Gasteiger partial charge in [0.25, 0.3) is 0 Å². The Bertz CT molecular complexity index is 204. The van der Waals surface area contributed by atoms with Gasteiger partial charge in [0.2, 0.25) is 0 Å². The molecule has 1 saturated heterocycles. The molecular weight excluding hydrogens is 216 g/mol. The number of ether oxygens (including phenoxy) is 1. The van der Waals surface area contributed by atoms with Crippen LogP contribution in [0.2, 0.25) is 0 Å². The maximum absolute atomic E-state index is 8.67. The fraction of sp³-hybridized carbons (Fsp3) is 1.00. The smallest absolute Gasteiger partial charge is 0.0698 e. The second-order valence-electron chi connectivity index (χ2n) is 5.27. The monoisotopic (exact) mass is 242 g/mol. The molecule has 0 aromatic rings. The molecule has 0 aromatic carbocycles. The Labute approximate surface area is 104 Å². The van der Waals surface area contributed by atoms with Gasteiger partial charge in [-0.2, -0.15) is 0 Å². The molecule has 2 N–H and O–H groups in total. The molecule has 0 spiro atoms. The van der Waals surface area contributed by atoms with Gasteiger partial charge in [0.05, 0.1) is 19.8 Å². The molecule has 100 valence electrons. The van der Waals surface area contributed by atoms with Gasteiger partial charge in [0, 0.05) is 19.1 Å². The van der Waals surface area contributed by atoms with Crippen LogP contribution in [0, 0.1) is 5.92 Å². The van der Waals surface area contributed by atoms with Crippen molar-refractivity contribution in [3.05, 3.63) is 0 Å². The van der Waals surface area contributed by atoms with Gasteiger partial charge in [-0.3, -0.25) is 4.90 Å². The quantitative estimate of drug-likeness (QED) is 0.607. The molecular formula is C13H26N2O2. The molecule has 1 saturated carbocycles. The Morgan fingerprint density at radius 2 is 2.12 bits per heavy atom. The molecule has 0 aromatic heterocycles. The summed E-state index contributed by atoms with van der Waals surface area (Å²) in [5.74, 6) is 0.821. The minimum Gasteiger partial charge on any atom is -0.394 e. The molecule has 1 aliphatic heterocycles. The standard InChI is InChI=1S/C13H26N2O2/c16-7-9-17-8-6-15(13-3-4-13)11-12-2-1-5-14-10-12/h12-14,16H,1-11H2. The molecule has 0 amide bonds. The Balaban J connectivity index is 1.65. The van der Waals surface area contributed by atoms with Crippen molar-refractivity contribution < 1.29 is 9.84 Å². The van der Waals surface area contributed by atoms with Crippen molar-refractivity contribution in [3.63, 3.8) is 0 Å². The zero-order valence-corrected chi connectivity index (χ0v) is 10.7. The van der Waals surface area contributed by atoms with Crippen LogP contribution in [0.4, 0.5) is 0 Å². The van der Waals surface area contributed by atoms with E-state index in [1.165, 1.54) is 45.3 Å². The van der Waals surface area contributed by atoms with E-state index in [1.54, 1.807) is 0 Å². The summed E-state index contributed by atoms with van der Waals surface area (Å²) in [6, 6.07) is 0.814. The van der Waals surface area contributed by atoms with Crippen LogP contribution in [0.25, 0.3) is 0 Å². The van der Waals surface area contributed by atoms with Gasteiger partial charge in [0.1, 0.15) is 0 Å². The maximum Gasteiger partial charge on any atom is 0.0698 e. The second kappa shape index (κ2) is 7.31. The zero-order valence-electron chi connectivity index (χ0n) is 10.7. The number of nitrogens with one attached hydrogen (secondary N) is 1. The van der Waals surface area contributed by atoms with Crippen LogP contribution < -0.4 is 5.32 Å². The summed E-state index contributed by atoms with van der Waals surface area (Å²) in [7, 11) is 0. The van der Waals surface area contributed by atoms with E-state index in [4.69, 9.17) is 9.84 Å². The van der Waals surface area contributed by atoms with Gasteiger partial charge in [0.15, 0.2) is 0 Å². The number of hydrogen-bond donors (Lipinski definition) is 2. The minimum absolute atomic E-state index is 0.135. The predicted octanol–water partition coefficient (Wildman–Crippen LogP) is 0.459. The predicted molar refractivity (Wildman–Crippen MR) is 68.1 cm³/mol. The highest BCUT2D eigenvalue weighted by atomic mass is 16.5. The van der Waals surface area contributed by atoms with Gasteiger partial charge in [-0.15, -0.1) is 0 Å². The first-order valence-corrected chi connectivity index (χ1v) is 7.03. The summed E-state index contributed by atoms with van der Waals surface area (Å²) >= 11 is 0. The van der Waals surface area contributed by atoms with Gasteiger partial charge in [-0.1, -0.05) is 0 Å². The first-order valence-electron chi connectivity index (χ1n) is 7.03. The molecule has 1 unspecified atom stereocenters. The lowest BCUT2D eigenvalue weighted by molar-refractivity contribution is 0.0667. The van der Waals surface area contributed by atoms with Crippen LogP contribution in [0.15, 0.2) is 0 Å². The normalized spacial score (nSPS) is 25.4. The summed E-state index contributed by atoms with van der Waals surface area (Å²) in [6.45, 7) is 6.00. The Morgan fingerprint density at radius 3 is 2.76 bits per heavy atom. The lowest BCUT2D eigenvalue weighted by atomic mass is 9.99. The summed E-state index contributed by atoms with van der Waals surface area (Å²) in [4.78, 5) is 2.59. The summed E-state index contributed by atoms with van der Waals surface area (Å²) in [5, 5.41) is 12.2. The molecule has 2 rings (SSSR count). The van der Waals surface area contributed by atoms with E-state index in [2.05, 4.69) is 10.2 Å². The van der Waals surface area contributed by atoms with Gasteiger partial charge >= 0.3 is 0 Å². The molecule has 17 heavy (non-hydrogen) atoms. The number of rotatable bonds is 8. The molecule has 4 heteroatoms. The third-order valence-corrected chi connectivity index (χ3v) is 3.71. The zero-order chi connectivity index (χ0) is 11.9. The van der Waals surface area contributed by atoms with E-state index in [1.807, 2.05) is 0 Å². The largest absolute Gasteiger partial charge is 0.394 e. The molecule has 1 heterocycles. The summed E-state index contributed by atoms with van der Waals surface area (Å²) < 4.78 is 5.37. The highest BCUT2D eigenvalue weighted by Crippen LogP contribution is 2.28. The first-order chi connectivity index (χ1) is 8.40. The van der Waals surface area contributed by atoms with E-state index in [0.717, 1.165) is 25.1 Å². The van der Waals surface area contributed by atoms with E-state index < -0.39 is 0 Å². The van der Waals surface area contributed by atoms with Crippen molar-refractivity contribution in [2.45, 2.75) is 31.7 Å². The lowest BCUT2D eigenvalue weighted by Gasteiger charge is -2.30. The second-order valence-corrected chi connectivity index (χ2v) is 5.27. The Kier molecular flexibility index (Phi) is 5.71. The minimum atomic E-state index is 0.135. The fourth-order valence-corrected chi connectivity index (χ4v) is 2.62. The molecule has 2 fully saturated rings. The van der Waals surface area contributed by atoms with E-state index in [9.17, 15) is 0 Å². The molecule has 1 aliphatic carbocycles. The Morgan fingerprint density at radius 1 is 1.24 bits per heavy atom. The maximum atomic E-state index is 8.67. The van der Waals surface area contributed by atoms with Gasteiger partial charge in [-0.05, 0) is 44.7 Å². The van der Waals surface area contributed by atoms with Crippen molar-refractivity contribution in [2.75, 3.05) is 46.0 Å². The summed E-state index contributed by atoms with van der Waals surface area (Å²) in [5.41, 5.74) is 0. The molecule has 2 aliphatic rings. The van der Waals surface area contributed by atoms with Crippen LogP contribution in [0.1, 0.15) is 25.7 Å². The van der Waals surface area contributed by atoms with Crippen molar-refractivity contribution in [1.29, 1.82) is 0 Å². The number of aliphatic hydroxyl groups is 1. The van der Waals surface area contributed by atoms with Crippen LogP contribution in [0.5, 0.6) is 0 Å². The summed E-state index contributed by atoms with van der Waals surface area (Å²) in [6.07, 6.45) is 5.41. The number of aliphatic hydroxyl groups excluding tert-OH is 1. The molecule has 1 atom stereocenters. The van der Waals surface area contributed by atoms with Crippen LogP contribution in [-0.2, 0) is 4.74 Å². The number of nitrogens with zero attached hydrogens (tertiary/aromatic N) is 1. The van der Waals surface area contributed by atoms with Crippen molar-refractivity contribution >= 4 is 0 Å². The van der Waals surface area contributed by atoms with Crippen molar-refractivity contribution in [2.24, 2.45) is 5.92 Å². The van der Waals surface area contributed by atoms with Gasteiger partial charge in [-0.25, -0.2) is 0 Å². The van der Waals surface area contributed by atoms with Crippen molar-refractivity contribution in [1.82, 2.24) is 10.2 Å². The van der Waals surface area contributed by atoms with Crippen molar-refractivity contribution in [3.8, 4) is 0 Å². The number of hydrogen-bond acceptors (Lipinski definition) is 4. The van der Waals surface area contributed by atoms with E-state index in [-0.39, 0.29) is 6.61 Å². The van der Waals surface area contributed by atoms with E-state index >= 15 is 0 Å². The number of piperidine rings is 1. The Hall–Kier alpha value is -0.160. The fourth-order valence-electron chi connectivity index (χ4n) is 2.62. The third kappa shape index (κ3) is 4.92. The molecule has 0 bridgehead atoms. The topological polar surface area (TPSA) is 44.7 Å². The first kappa shape index (κ1) is 13.3.